The van der Waals surface area contributed by atoms with Gasteiger partial charge in [-0.15, -0.1) is 0 Å². The maximum atomic E-state index is 11.9. The van der Waals surface area contributed by atoms with Gasteiger partial charge in [0.05, 0.1) is 5.92 Å². The van der Waals surface area contributed by atoms with Crippen molar-refractivity contribution in [3.63, 3.8) is 0 Å². The van der Waals surface area contributed by atoms with Crippen molar-refractivity contribution in [3.8, 4) is 0 Å². The third-order valence-electron chi connectivity index (χ3n) is 3.87. The van der Waals surface area contributed by atoms with E-state index in [1.54, 1.807) is 0 Å². The van der Waals surface area contributed by atoms with Crippen LogP contribution in [0.5, 0.6) is 0 Å². The highest BCUT2D eigenvalue weighted by atomic mass is 16.3. The second-order valence-corrected chi connectivity index (χ2v) is 4.80. The molecule has 1 saturated carbocycles. The molecule has 0 unspecified atom stereocenters. The highest BCUT2D eigenvalue weighted by Gasteiger charge is 2.54. The molecule has 1 amide bonds. The molecule has 2 N–H and O–H groups in total. The Hall–Kier alpha value is -1.35. The monoisotopic (exact) mass is 217 g/mol. The van der Waals surface area contributed by atoms with Crippen molar-refractivity contribution in [2.75, 3.05) is 0 Å². The van der Waals surface area contributed by atoms with Crippen LogP contribution in [0.1, 0.15) is 30.7 Å². The number of amides is 1. The molecule has 1 heterocycles. The van der Waals surface area contributed by atoms with Crippen molar-refractivity contribution in [2.45, 2.75) is 30.9 Å². The number of rotatable bonds is 1. The second-order valence-electron chi connectivity index (χ2n) is 4.80. The van der Waals surface area contributed by atoms with Gasteiger partial charge in [0.15, 0.2) is 0 Å². The topological polar surface area (TPSA) is 49.3 Å². The first-order chi connectivity index (χ1) is 7.71. The highest BCUT2D eigenvalue weighted by Crippen LogP contribution is 2.47. The molecule has 1 saturated heterocycles. The molecule has 16 heavy (non-hydrogen) atoms. The molecule has 3 heteroatoms. The normalized spacial score (nSPS) is 37.2. The average Bonchev–Trinajstić information content (AvgIpc) is 2.72. The van der Waals surface area contributed by atoms with Gasteiger partial charge in [-0.05, 0) is 24.8 Å². The maximum Gasteiger partial charge on any atom is 0.230 e. The molecule has 3 nitrogen and oxygen atoms in total. The molecule has 3 rings (SSSR count). The third kappa shape index (κ3) is 1.28. The first-order valence-corrected chi connectivity index (χ1v) is 5.80. The largest absolute Gasteiger partial charge is 0.371 e. The maximum absolute atomic E-state index is 11.9. The van der Waals surface area contributed by atoms with E-state index < -0.39 is 5.72 Å². The lowest BCUT2D eigenvalue weighted by atomic mass is 9.85. The molecule has 1 aromatic carbocycles. The van der Waals surface area contributed by atoms with Crippen molar-refractivity contribution < 1.29 is 9.90 Å². The molecule has 84 valence electrons. The summed E-state index contributed by atoms with van der Waals surface area (Å²) in [5, 5.41) is 13.1. The Bertz CT molecular complexity index is 417. The molecule has 2 aliphatic rings. The van der Waals surface area contributed by atoms with Gasteiger partial charge in [-0.25, -0.2) is 0 Å². The lowest BCUT2D eigenvalue weighted by molar-refractivity contribution is -0.123. The highest BCUT2D eigenvalue weighted by molar-refractivity contribution is 5.87. The summed E-state index contributed by atoms with van der Waals surface area (Å²) in [7, 11) is 0. The number of aliphatic hydroxyl groups is 1. The fourth-order valence-corrected chi connectivity index (χ4v) is 3.13. The molecule has 0 bridgehead atoms. The summed E-state index contributed by atoms with van der Waals surface area (Å²) in [6.07, 6.45) is 2.60. The minimum Gasteiger partial charge on any atom is -0.371 e. The predicted octanol–water partition coefficient (Wildman–Crippen LogP) is 1.39. The number of benzene rings is 1. The van der Waals surface area contributed by atoms with Crippen molar-refractivity contribution in [2.24, 2.45) is 5.92 Å². The Labute approximate surface area is 94.5 Å². The van der Waals surface area contributed by atoms with Crippen LogP contribution in [0.3, 0.4) is 0 Å². The summed E-state index contributed by atoms with van der Waals surface area (Å²) in [4.78, 5) is 11.9. The first-order valence-electron chi connectivity index (χ1n) is 5.80. The van der Waals surface area contributed by atoms with Crippen LogP contribution in [0.25, 0.3) is 0 Å². The van der Waals surface area contributed by atoms with E-state index >= 15 is 0 Å². The van der Waals surface area contributed by atoms with Gasteiger partial charge < -0.3 is 10.4 Å². The fourth-order valence-electron chi connectivity index (χ4n) is 3.13. The molecule has 1 aliphatic carbocycles. The summed E-state index contributed by atoms with van der Waals surface area (Å²) in [6, 6.07) is 9.75. The molecular weight excluding hydrogens is 202 g/mol. The predicted molar refractivity (Wildman–Crippen MR) is 59.6 cm³/mol. The summed E-state index contributed by atoms with van der Waals surface area (Å²) in [6.45, 7) is 0. The molecule has 3 atom stereocenters. The van der Waals surface area contributed by atoms with Crippen LogP contribution < -0.4 is 5.32 Å². The van der Waals surface area contributed by atoms with Crippen molar-refractivity contribution >= 4 is 5.91 Å². The zero-order valence-corrected chi connectivity index (χ0v) is 9.02. The Morgan fingerprint density at radius 1 is 1.31 bits per heavy atom. The number of carbonyl (C=O) groups is 1. The van der Waals surface area contributed by atoms with E-state index in [2.05, 4.69) is 5.32 Å². The van der Waals surface area contributed by atoms with Crippen LogP contribution >= 0.6 is 0 Å². The van der Waals surface area contributed by atoms with Gasteiger partial charge in [-0.3, -0.25) is 4.79 Å². The number of fused-ring (bicyclic) bond motifs is 1. The van der Waals surface area contributed by atoms with E-state index in [-0.39, 0.29) is 17.7 Å². The van der Waals surface area contributed by atoms with E-state index in [1.807, 2.05) is 30.3 Å². The van der Waals surface area contributed by atoms with Gasteiger partial charge in [0, 0.05) is 5.92 Å². The SMILES string of the molecule is O=C1N[C@@]2(O)CCC[C@H]2[C@@H]1c1ccccc1. The Kier molecular flexibility index (Phi) is 2.04. The average molecular weight is 217 g/mol. The molecule has 1 aliphatic heterocycles. The van der Waals surface area contributed by atoms with Crippen molar-refractivity contribution in [1.82, 2.24) is 5.32 Å². The third-order valence-corrected chi connectivity index (χ3v) is 3.87. The minimum atomic E-state index is -0.947. The van der Waals surface area contributed by atoms with Gasteiger partial charge in [0.1, 0.15) is 5.72 Å². The molecule has 0 spiro atoms. The van der Waals surface area contributed by atoms with Gasteiger partial charge in [-0.1, -0.05) is 30.3 Å². The van der Waals surface area contributed by atoms with Crippen molar-refractivity contribution in [1.29, 1.82) is 0 Å². The van der Waals surface area contributed by atoms with Crippen LogP contribution in [0.4, 0.5) is 0 Å². The van der Waals surface area contributed by atoms with Crippen LogP contribution in [0.15, 0.2) is 30.3 Å². The van der Waals surface area contributed by atoms with Crippen molar-refractivity contribution in [3.05, 3.63) is 35.9 Å². The molecule has 1 aromatic rings. The lowest BCUT2D eigenvalue weighted by Gasteiger charge is -2.23. The van der Waals surface area contributed by atoms with E-state index in [9.17, 15) is 9.90 Å². The Balaban J connectivity index is 1.99. The van der Waals surface area contributed by atoms with Crippen LogP contribution in [-0.2, 0) is 4.79 Å². The minimum absolute atomic E-state index is 0.0293. The van der Waals surface area contributed by atoms with Gasteiger partial charge >= 0.3 is 0 Å². The Morgan fingerprint density at radius 2 is 2.06 bits per heavy atom. The van der Waals surface area contributed by atoms with Crippen LogP contribution in [-0.4, -0.2) is 16.7 Å². The van der Waals surface area contributed by atoms with Gasteiger partial charge in [-0.2, -0.15) is 0 Å². The molecule has 0 aromatic heterocycles. The molecule has 0 radical (unpaired) electrons. The summed E-state index contributed by atoms with van der Waals surface area (Å²) < 4.78 is 0. The number of hydrogen-bond acceptors (Lipinski definition) is 2. The van der Waals surface area contributed by atoms with Gasteiger partial charge in [0.25, 0.3) is 0 Å². The summed E-state index contributed by atoms with van der Waals surface area (Å²) in [5.74, 6) is -0.158. The van der Waals surface area contributed by atoms with E-state index in [0.29, 0.717) is 6.42 Å². The lowest BCUT2D eigenvalue weighted by Crippen LogP contribution is -2.42. The fraction of sp³-hybridized carbons (Fsp3) is 0.462. The zero-order valence-electron chi connectivity index (χ0n) is 9.02. The smallest absolute Gasteiger partial charge is 0.230 e. The van der Waals surface area contributed by atoms with E-state index in [1.165, 1.54) is 0 Å². The zero-order chi connectivity index (χ0) is 11.2. The summed E-state index contributed by atoms with van der Waals surface area (Å²) >= 11 is 0. The number of carbonyl (C=O) groups excluding carboxylic acids is 1. The first kappa shape index (κ1) is 9.85. The molecule has 2 fully saturated rings. The quantitative estimate of drug-likeness (QED) is 0.746. The number of hydrogen-bond donors (Lipinski definition) is 2. The second kappa shape index (κ2) is 3.32. The van der Waals surface area contributed by atoms with E-state index in [0.717, 1.165) is 18.4 Å². The standard InChI is InChI=1S/C13H15NO2/c15-12-11(9-5-2-1-3-6-9)10-7-4-8-13(10,16)14-12/h1-3,5-6,10-11,16H,4,7-8H2,(H,14,15)/t10-,11-,13+/m0/s1. The summed E-state index contributed by atoms with van der Waals surface area (Å²) in [5.41, 5.74) is 0.0697. The van der Waals surface area contributed by atoms with Gasteiger partial charge in [0.2, 0.25) is 5.91 Å². The van der Waals surface area contributed by atoms with Crippen LogP contribution in [0.2, 0.25) is 0 Å². The number of nitrogens with one attached hydrogen (secondary N) is 1. The molecular formula is C13H15NO2. The van der Waals surface area contributed by atoms with E-state index in [4.69, 9.17) is 0 Å². The Morgan fingerprint density at radius 3 is 2.81 bits per heavy atom. The van der Waals surface area contributed by atoms with Crippen LogP contribution in [0, 0.1) is 5.92 Å².